The summed E-state index contributed by atoms with van der Waals surface area (Å²) in [7, 11) is 0. The molecule has 0 heterocycles. The van der Waals surface area contributed by atoms with Gasteiger partial charge in [-0.05, 0) is 30.5 Å². The van der Waals surface area contributed by atoms with Crippen molar-refractivity contribution in [2.75, 3.05) is 6.61 Å². The molecule has 0 atom stereocenters. The van der Waals surface area contributed by atoms with Gasteiger partial charge in [-0.25, -0.2) is 0 Å². The van der Waals surface area contributed by atoms with E-state index in [0.717, 1.165) is 24.3 Å². The molecule has 0 aromatic heterocycles. The minimum Gasteiger partial charge on any atom is -0.493 e. The van der Waals surface area contributed by atoms with Crippen LogP contribution in [0.3, 0.4) is 0 Å². The van der Waals surface area contributed by atoms with E-state index in [1.54, 1.807) is 0 Å². The van der Waals surface area contributed by atoms with Crippen molar-refractivity contribution >= 4 is 0 Å². The Morgan fingerprint density at radius 3 is 2.67 bits per heavy atom. The Kier molecular flexibility index (Phi) is 5.19. The van der Waals surface area contributed by atoms with Gasteiger partial charge >= 0.3 is 0 Å². The molecule has 2 heteroatoms. The topological polar surface area (TPSA) is 35.2 Å². The molecule has 2 nitrogen and oxygen atoms in total. The van der Waals surface area contributed by atoms with Gasteiger partial charge in [0, 0.05) is 6.54 Å². The molecule has 0 bridgehead atoms. The van der Waals surface area contributed by atoms with Gasteiger partial charge in [-0.1, -0.05) is 31.9 Å². The van der Waals surface area contributed by atoms with Gasteiger partial charge in [0.2, 0.25) is 0 Å². The van der Waals surface area contributed by atoms with Crippen LogP contribution in [0.5, 0.6) is 5.75 Å². The molecule has 0 amide bonds. The van der Waals surface area contributed by atoms with E-state index in [9.17, 15) is 0 Å². The van der Waals surface area contributed by atoms with Crippen LogP contribution in [0, 0.1) is 6.92 Å². The van der Waals surface area contributed by atoms with Crippen LogP contribution in [-0.2, 0) is 6.54 Å². The number of rotatable bonds is 6. The van der Waals surface area contributed by atoms with Gasteiger partial charge in [0.15, 0.2) is 0 Å². The third-order valence-corrected chi connectivity index (χ3v) is 2.48. The Morgan fingerprint density at radius 1 is 1.27 bits per heavy atom. The molecule has 0 aliphatic carbocycles. The first-order valence-corrected chi connectivity index (χ1v) is 5.70. The molecule has 0 spiro atoms. The van der Waals surface area contributed by atoms with Crippen molar-refractivity contribution in [2.45, 2.75) is 39.7 Å². The Hall–Kier alpha value is -1.02. The molecule has 2 N–H and O–H groups in total. The summed E-state index contributed by atoms with van der Waals surface area (Å²) in [6, 6.07) is 6.14. The highest BCUT2D eigenvalue weighted by molar-refractivity contribution is 5.36. The van der Waals surface area contributed by atoms with E-state index in [0.29, 0.717) is 6.54 Å². The predicted octanol–water partition coefficient (Wildman–Crippen LogP) is 3.02. The summed E-state index contributed by atoms with van der Waals surface area (Å²) >= 11 is 0. The van der Waals surface area contributed by atoms with Crippen LogP contribution >= 0.6 is 0 Å². The molecular weight excluding hydrogens is 186 g/mol. The zero-order valence-corrected chi connectivity index (χ0v) is 9.75. The predicted molar refractivity (Wildman–Crippen MR) is 64.1 cm³/mol. The quantitative estimate of drug-likeness (QED) is 0.728. The van der Waals surface area contributed by atoms with E-state index >= 15 is 0 Å². The first-order chi connectivity index (χ1) is 7.27. The maximum atomic E-state index is 5.70. The molecule has 84 valence electrons. The van der Waals surface area contributed by atoms with Gasteiger partial charge in [0.25, 0.3) is 0 Å². The normalized spacial score (nSPS) is 10.3. The second-order valence-corrected chi connectivity index (χ2v) is 3.86. The van der Waals surface area contributed by atoms with Crippen molar-refractivity contribution in [3.8, 4) is 5.75 Å². The largest absolute Gasteiger partial charge is 0.493 e. The van der Waals surface area contributed by atoms with Crippen LogP contribution in [0.2, 0.25) is 0 Å². The van der Waals surface area contributed by atoms with Crippen LogP contribution < -0.4 is 10.5 Å². The minimum atomic E-state index is 0.594. The second-order valence-electron chi connectivity index (χ2n) is 3.86. The van der Waals surface area contributed by atoms with Crippen LogP contribution in [0.4, 0.5) is 0 Å². The number of hydrogen-bond donors (Lipinski definition) is 1. The van der Waals surface area contributed by atoms with E-state index in [1.807, 2.05) is 12.1 Å². The van der Waals surface area contributed by atoms with E-state index in [-0.39, 0.29) is 0 Å². The maximum absolute atomic E-state index is 5.70. The lowest BCUT2D eigenvalue weighted by Crippen LogP contribution is -2.01. The molecule has 15 heavy (non-hydrogen) atoms. The number of hydrogen-bond acceptors (Lipinski definition) is 2. The zero-order valence-electron chi connectivity index (χ0n) is 9.75. The summed E-state index contributed by atoms with van der Waals surface area (Å²) in [6.07, 6.45) is 3.60. The number of ether oxygens (including phenoxy) is 1. The highest BCUT2D eigenvalue weighted by atomic mass is 16.5. The molecule has 0 aliphatic heterocycles. The summed E-state index contributed by atoms with van der Waals surface area (Å²) in [5, 5.41) is 0. The first kappa shape index (κ1) is 12.1. The minimum absolute atomic E-state index is 0.594. The van der Waals surface area contributed by atoms with Crippen molar-refractivity contribution < 1.29 is 4.74 Å². The fourth-order valence-electron chi connectivity index (χ4n) is 1.53. The number of benzene rings is 1. The zero-order chi connectivity index (χ0) is 11.1. The number of aryl methyl sites for hydroxylation is 1. The van der Waals surface area contributed by atoms with Crippen LogP contribution in [0.15, 0.2) is 18.2 Å². The molecule has 1 rings (SSSR count). The van der Waals surface area contributed by atoms with Crippen LogP contribution in [0.1, 0.15) is 37.3 Å². The van der Waals surface area contributed by atoms with Gasteiger partial charge in [-0.3, -0.25) is 0 Å². The smallest absolute Gasteiger partial charge is 0.122 e. The van der Waals surface area contributed by atoms with Gasteiger partial charge in [0.05, 0.1) is 6.61 Å². The highest BCUT2D eigenvalue weighted by Crippen LogP contribution is 2.19. The molecule has 0 radical (unpaired) electrons. The van der Waals surface area contributed by atoms with Crippen LogP contribution in [-0.4, -0.2) is 6.61 Å². The summed E-state index contributed by atoms with van der Waals surface area (Å²) < 4.78 is 5.70. The van der Waals surface area contributed by atoms with Gasteiger partial charge < -0.3 is 10.5 Å². The summed E-state index contributed by atoms with van der Waals surface area (Å²) in [6.45, 7) is 5.67. The van der Waals surface area contributed by atoms with E-state index in [1.165, 1.54) is 18.4 Å². The van der Waals surface area contributed by atoms with E-state index < -0.39 is 0 Å². The monoisotopic (exact) mass is 207 g/mol. The van der Waals surface area contributed by atoms with Gasteiger partial charge in [0.1, 0.15) is 5.75 Å². The SMILES string of the molecule is CCCCCOc1ccc(CN)cc1C. The first-order valence-electron chi connectivity index (χ1n) is 5.70. The highest BCUT2D eigenvalue weighted by Gasteiger charge is 1.99. The molecule has 0 saturated heterocycles. The number of nitrogens with two attached hydrogens (primary N) is 1. The standard InChI is InChI=1S/C13H21NO/c1-3-4-5-8-15-13-7-6-12(10-14)9-11(13)2/h6-7,9H,3-5,8,10,14H2,1-2H3. The molecule has 0 aliphatic rings. The van der Waals surface area contributed by atoms with Crippen LogP contribution in [0.25, 0.3) is 0 Å². The van der Waals surface area contributed by atoms with Crippen molar-refractivity contribution in [1.82, 2.24) is 0 Å². The van der Waals surface area contributed by atoms with Gasteiger partial charge in [-0.2, -0.15) is 0 Å². The summed E-state index contributed by atoms with van der Waals surface area (Å²) in [5.74, 6) is 0.989. The third kappa shape index (κ3) is 3.92. The molecule has 0 fully saturated rings. The summed E-state index contributed by atoms with van der Waals surface area (Å²) in [4.78, 5) is 0. The van der Waals surface area contributed by atoms with Crippen molar-refractivity contribution in [2.24, 2.45) is 5.73 Å². The number of unbranched alkanes of at least 4 members (excludes halogenated alkanes) is 2. The van der Waals surface area contributed by atoms with Crippen molar-refractivity contribution in [3.63, 3.8) is 0 Å². The maximum Gasteiger partial charge on any atom is 0.122 e. The third-order valence-electron chi connectivity index (χ3n) is 2.48. The Bertz CT molecular complexity index is 297. The Labute approximate surface area is 92.4 Å². The fraction of sp³-hybridized carbons (Fsp3) is 0.538. The van der Waals surface area contributed by atoms with Gasteiger partial charge in [-0.15, -0.1) is 0 Å². The van der Waals surface area contributed by atoms with E-state index in [4.69, 9.17) is 10.5 Å². The lowest BCUT2D eigenvalue weighted by Gasteiger charge is -2.09. The lowest BCUT2D eigenvalue weighted by atomic mass is 10.1. The molecule has 0 unspecified atom stereocenters. The van der Waals surface area contributed by atoms with Crippen molar-refractivity contribution in [1.29, 1.82) is 0 Å². The molecular formula is C13H21NO. The summed E-state index contributed by atoms with van der Waals surface area (Å²) in [5.41, 5.74) is 7.90. The average Bonchev–Trinajstić information content (AvgIpc) is 2.26. The molecule has 1 aromatic rings. The Morgan fingerprint density at radius 2 is 2.07 bits per heavy atom. The molecule has 1 aromatic carbocycles. The fourth-order valence-corrected chi connectivity index (χ4v) is 1.53. The van der Waals surface area contributed by atoms with E-state index in [2.05, 4.69) is 19.9 Å². The molecule has 0 saturated carbocycles. The second kappa shape index (κ2) is 6.46. The lowest BCUT2D eigenvalue weighted by molar-refractivity contribution is 0.304. The van der Waals surface area contributed by atoms with Crippen molar-refractivity contribution in [3.05, 3.63) is 29.3 Å². The Balaban J connectivity index is 2.47. The average molecular weight is 207 g/mol.